The fraction of sp³-hybridized carbons (Fsp3) is 0.467. The van der Waals surface area contributed by atoms with Crippen LogP contribution >= 0.6 is 0 Å². The summed E-state index contributed by atoms with van der Waals surface area (Å²) < 4.78 is 17.5. The van der Waals surface area contributed by atoms with Crippen LogP contribution in [0.25, 0.3) is 6.08 Å². The van der Waals surface area contributed by atoms with Crippen LogP contribution in [0.15, 0.2) is 24.8 Å². The summed E-state index contributed by atoms with van der Waals surface area (Å²) in [6, 6.07) is 5.87. The molecule has 0 spiro atoms. The van der Waals surface area contributed by atoms with Gasteiger partial charge in [0.15, 0.2) is 0 Å². The Balaban J connectivity index is 2.40. The van der Waals surface area contributed by atoms with Crippen LogP contribution in [0.1, 0.15) is 33.3 Å². The van der Waals surface area contributed by atoms with Crippen LogP contribution in [0.5, 0.6) is 5.75 Å². The molecule has 0 radical (unpaired) electrons. The first kappa shape index (κ1) is 14.2. The Morgan fingerprint density at radius 1 is 1.16 bits per heavy atom. The monoisotopic (exact) mass is 260 g/mol. The van der Waals surface area contributed by atoms with Gasteiger partial charge in [0.2, 0.25) is 0 Å². The van der Waals surface area contributed by atoms with Crippen LogP contribution in [0.4, 0.5) is 0 Å². The minimum Gasteiger partial charge on any atom is -0.497 e. The molecule has 0 atom stereocenters. The minimum absolute atomic E-state index is 0.354. The zero-order valence-corrected chi connectivity index (χ0v) is 12.3. The Bertz CT molecular complexity index is 478. The highest BCUT2D eigenvalue weighted by atomic mass is 16.7. The summed E-state index contributed by atoms with van der Waals surface area (Å²) >= 11 is 0. The second kappa shape index (κ2) is 4.69. The molecular formula is C15H21BO3. The Labute approximate surface area is 115 Å². The van der Waals surface area contributed by atoms with Crippen molar-refractivity contribution < 1.29 is 14.0 Å². The Morgan fingerprint density at radius 2 is 1.74 bits per heavy atom. The molecule has 0 bridgehead atoms. The molecule has 1 aliphatic heterocycles. The second-order valence-electron chi connectivity index (χ2n) is 5.79. The average molecular weight is 260 g/mol. The molecule has 2 rings (SSSR count). The SMILES string of the molecule is C=Cc1ccc(OC)c(B2OC(C)(C)C(C)(C)O2)c1. The van der Waals surface area contributed by atoms with E-state index in [1.807, 2.05) is 45.9 Å². The molecule has 4 heteroatoms. The third kappa shape index (κ3) is 2.43. The Morgan fingerprint density at radius 3 is 2.21 bits per heavy atom. The number of hydrogen-bond donors (Lipinski definition) is 0. The van der Waals surface area contributed by atoms with Crippen LogP contribution in [0.3, 0.4) is 0 Å². The van der Waals surface area contributed by atoms with Gasteiger partial charge in [-0.1, -0.05) is 24.8 Å². The van der Waals surface area contributed by atoms with E-state index >= 15 is 0 Å². The van der Waals surface area contributed by atoms with Crippen molar-refractivity contribution in [3.8, 4) is 5.75 Å². The maximum absolute atomic E-state index is 6.06. The highest BCUT2D eigenvalue weighted by molar-refractivity contribution is 6.63. The Kier molecular flexibility index (Phi) is 3.50. The van der Waals surface area contributed by atoms with Gasteiger partial charge in [-0.2, -0.15) is 0 Å². The van der Waals surface area contributed by atoms with E-state index in [1.54, 1.807) is 13.2 Å². The molecule has 1 heterocycles. The number of methoxy groups -OCH3 is 1. The molecule has 102 valence electrons. The van der Waals surface area contributed by atoms with Crippen LogP contribution in [0.2, 0.25) is 0 Å². The number of ether oxygens (including phenoxy) is 1. The van der Waals surface area contributed by atoms with Gasteiger partial charge in [-0.05, 0) is 39.3 Å². The molecule has 1 fully saturated rings. The van der Waals surface area contributed by atoms with Crippen molar-refractivity contribution in [1.29, 1.82) is 0 Å². The van der Waals surface area contributed by atoms with Crippen molar-refractivity contribution in [3.05, 3.63) is 30.3 Å². The molecular weight excluding hydrogens is 239 g/mol. The Hall–Kier alpha value is -1.26. The number of benzene rings is 1. The molecule has 19 heavy (non-hydrogen) atoms. The van der Waals surface area contributed by atoms with Gasteiger partial charge in [-0.25, -0.2) is 0 Å². The molecule has 0 amide bonds. The fourth-order valence-corrected chi connectivity index (χ4v) is 2.03. The lowest BCUT2D eigenvalue weighted by Crippen LogP contribution is -2.41. The maximum Gasteiger partial charge on any atom is 0.498 e. The first-order valence-electron chi connectivity index (χ1n) is 6.47. The number of hydrogen-bond acceptors (Lipinski definition) is 3. The predicted molar refractivity (Wildman–Crippen MR) is 78.8 cm³/mol. The topological polar surface area (TPSA) is 27.7 Å². The van der Waals surface area contributed by atoms with Gasteiger partial charge in [0.1, 0.15) is 5.75 Å². The molecule has 0 N–H and O–H groups in total. The molecule has 0 saturated carbocycles. The first-order chi connectivity index (χ1) is 8.80. The summed E-state index contributed by atoms with van der Waals surface area (Å²) in [6.07, 6.45) is 1.80. The van der Waals surface area contributed by atoms with E-state index in [9.17, 15) is 0 Å². The third-order valence-corrected chi connectivity index (χ3v) is 4.00. The molecule has 1 aromatic rings. The molecule has 1 saturated heterocycles. The fourth-order valence-electron chi connectivity index (χ4n) is 2.03. The maximum atomic E-state index is 6.06. The van der Waals surface area contributed by atoms with Crippen LogP contribution < -0.4 is 10.2 Å². The summed E-state index contributed by atoms with van der Waals surface area (Å²) in [5.41, 5.74) is 1.21. The van der Waals surface area contributed by atoms with E-state index in [0.717, 1.165) is 16.8 Å². The van der Waals surface area contributed by atoms with E-state index in [4.69, 9.17) is 14.0 Å². The van der Waals surface area contributed by atoms with Crippen molar-refractivity contribution in [2.45, 2.75) is 38.9 Å². The zero-order valence-electron chi connectivity index (χ0n) is 12.3. The summed E-state index contributed by atoms with van der Waals surface area (Å²) in [5, 5.41) is 0. The molecule has 0 aromatic heterocycles. The predicted octanol–water partition coefficient (Wildman–Crippen LogP) is 2.64. The summed E-state index contributed by atoms with van der Waals surface area (Å²) in [7, 11) is 1.23. The van der Waals surface area contributed by atoms with Crippen LogP contribution in [0, 0.1) is 0 Å². The highest BCUT2D eigenvalue weighted by Crippen LogP contribution is 2.37. The smallest absolute Gasteiger partial charge is 0.497 e. The van der Waals surface area contributed by atoms with E-state index in [0.29, 0.717) is 0 Å². The van der Waals surface area contributed by atoms with Crippen LogP contribution in [-0.2, 0) is 9.31 Å². The van der Waals surface area contributed by atoms with Crippen molar-refractivity contribution >= 4 is 18.7 Å². The number of rotatable bonds is 3. The third-order valence-electron chi connectivity index (χ3n) is 4.00. The van der Waals surface area contributed by atoms with E-state index in [-0.39, 0.29) is 11.2 Å². The highest BCUT2D eigenvalue weighted by Gasteiger charge is 2.52. The molecule has 1 aromatic carbocycles. The summed E-state index contributed by atoms with van der Waals surface area (Å²) in [5.74, 6) is 0.768. The minimum atomic E-state index is -0.417. The standard InChI is InChI=1S/C15H21BO3/c1-7-11-8-9-13(17-6)12(10-11)16-18-14(2,3)15(4,5)19-16/h7-10H,1H2,2-6H3. The zero-order chi connectivity index (χ0) is 14.3. The summed E-state index contributed by atoms with van der Waals surface area (Å²) in [6.45, 7) is 11.9. The summed E-state index contributed by atoms with van der Waals surface area (Å²) in [4.78, 5) is 0. The van der Waals surface area contributed by atoms with Gasteiger partial charge in [0.25, 0.3) is 0 Å². The van der Waals surface area contributed by atoms with Crippen molar-refractivity contribution in [3.63, 3.8) is 0 Å². The van der Waals surface area contributed by atoms with Crippen molar-refractivity contribution in [1.82, 2.24) is 0 Å². The normalized spacial score (nSPS) is 20.4. The van der Waals surface area contributed by atoms with Gasteiger partial charge in [0.05, 0.1) is 18.3 Å². The van der Waals surface area contributed by atoms with Gasteiger partial charge in [-0.15, -0.1) is 0 Å². The van der Waals surface area contributed by atoms with Gasteiger partial charge in [0, 0.05) is 5.46 Å². The van der Waals surface area contributed by atoms with E-state index < -0.39 is 7.12 Å². The second-order valence-corrected chi connectivity index (χ2v) is 5.79. The van der Waals surface area contributed by atoms with Gasteiger partial charge < -0.3 is 14.0 Å². The van der Waals surface area contributed by atoms with E-state index in [2.05, 4.69) is 6.58 Å². The largest absolute Gasteiger partial charge is 0.498 e. The first-order valence-corrected chi connectivity index (χ1v) is 6.47. The average Bonchev–Trinajstić information content (AvgIpc) is 2.57. The van der Waals surface area contributed by atoms with Crippen molar-refractivity contribution in [2.75, 3.05) is 7.11 Å². The molecule has 0 aliphatic carbocycles. The molecule has 3 nitrogen and oxygen atoms in total. The van der Waals surface area contributed by atoms with Gasteiger partial charge >= 0.3 is 7.12 Å². The lowest BCUT2D eigenvalue weighted by molar-refractivity contribution is 0.00578. The van der Waals surface area contributed by atoms with Gasteiger partial charge in [-0.3, -0.25) is 0 Å². The van der Waals surface area contributed by atoms with Crippen LogP contribution in [-0.4, -0.2) is 25.4 Å². The lowest BCUT2D eigenvalue weighted by Gasteiger charge is -2.32. The molecule has 1 aliphatic rings. The molecule has 0 unspecified atom stereocenters. The lowest BCUT2D eigenvalue weighted by atomic mass is 9.77. The van der Waals surface area contributed by atoms with Crippen molar-refractivity contribution in [2.24, 2.45) is 0 Å². The van der Waals surface area contributed by atoms with E-state index in [1.165, 1.54) is 0 Å². The quantitative estimate of drug-likeness (QED) is 0.782.